The molecule has 1 saturated heterocycles. The van der Waals surface area contributed by atoms with E-state index in [1.165, 1.54) is 10.7 Å². The highest BCUT2D eigenvalue weighted by atomic mass is 35.5. The van der Waals surface area contributed by atoms with Gasteiger partial charge in [0.25, 0.3) is 5.56 Å². The molecule has 3 heterocycles. The van der Waals surface area contributed by atoms with Gasteiger partial charge in [0.1, 0.15) is 16.8 Å². The number of ether oxygens (including phenoxy) is 1. The number of piperazine rings is 1. The summed E-state index contributed by atoms with van der Waals surface area (Å²) in [6.45, 7) is 7.15. The van der Waals surface area contributed by atoms with Gasteiger partial charge in [0.2, 0.25) is 0 Å². The molecule has 3 aromatic rings. The number of nitrogens with zero attached hydrogens (tertiary/aromatic N) is 4. The summed E-state index contributed by atoms with van der Waals surface area (Å²) in [6.07, 6.45) is 0.880. The highest BCUT2D eigenvalue weighted by molar-refractivity contribution is 6.33. The first kappa shape index (κ1) is 22.7. The Hall–Kier alpha value is -3.53. The molecule has 0 radical (unpaired) electrons. The predicted molar refractivity (Wildman–Crippen MR) is 123 cm³/mol. The van der Waals surface area contributed by atoms with Crippen LogP contribution in [-0.4, -0.2) is 68.4 Å². The number of hydrogen-bond acceptors (Lipinski definition) is 6. The number of carbonyl (C=O) groups is 2. The normalized spacial score (nSPS) is 14.5. The molecule has 2 N–H and O–H groups in total. The third-order valence-electron chi connectivity index (χ3n) is 5.21. The number of fused-ring (bicyclic) bond motifs is 1. The number of rotatable bonds is 3. The minimum absolute atomic E-state index is 0.192. The number of amides is 1. The zero-order chi connectivity index (χ0) is 23.9. The lowest BCUT2D eigenvalue weighted by molar-refractivity contribution is 0.0240. The second kappa shape index (κ2) is 8.43. The summed E-state index contributed by atoms with van der Waals surface area (Å²) in [4.78, 5) is 42.7. The van der Waals surface area contributed by atoms with Gasteiger partial charge in [0.05, 0.1) is 11.8 Å². The molecule has 0 bridgehead atoms. The molecule has 0 atom stereocenters. The molecule has 0 spiro atoms. The zero-order valence-electron chi connectivity index (χ0n) is 18.5. The van der Waals surface area contributed by atoms with E-state index in [1.54, 1.807) is 29.2 Å². The molecule has 1 amide bonds. The highest BCUT2D eigenvalue weighted by Crippen LogP contribution is 2.37. The van der Waals surface area contributed by atoms with E-state index in [-0.39, 0.29) is 17.3 Å². The van der Waals surface area contributed by atoms with Crippen LogP contribution in [0.2, 0.25) is 5.02 Å². The molecule has 1 aliphatic heterocycles. The summed E-state index contributed by atoms with van der Waals surface area (Å²) in [5.74, 6) is -0.781. The van der Waals surface area contributed by atoms with Crippen LogP contribution in [0.3, 0.4) is 0 Å². The number of halogens is 1. The monoisotopic (exact) mass is 473 g/mol. The van der Waals surface area contributed by atoms with Crippen molar-refractivity contribution in [3.63, 3.8) is 0 Å². The van der Waals surface area contributed by atoms with Crippen molar-refractivity contribution in [2.45, 2.75) is 26.4 Å². The van der Waals surface area contributed by atoms with Crippen LogP contribution in [0.4, 0.5) is 10.6 Å². The molecular weight excluding hydrogens is 450 g/mol. The molecule has 1 aliphatic rings. The molecule has 0 aliphatic carbocycles. The van der Waals surface area contributed by atoms with E-state index in [0.29, 0.717) is 48.1 Å². The van der Waals surface area contributed by atoms with Crippen LogP contribution in [0.5, 0.6) is 0 Å². The lowest BCUT2D eigenvalue weighted by atomic mass is 10.1. The summed E-state index contributed by atoms with van der Waals surface area (Å²) < 4.78 is 6.73. The first-order chi connectivity index (χ1) is 15.5. The summed E-state index contributed by atoms with van der Waals surface area (Å²) in [7, 11) is 0. The lowest BCUT2D eigenvalue weighted by Gasteiger charge is -2.36. The number of aromatic amines is 1. The summed E-state index contributed by atoms with van der Waals surface area (Å²) in [6, 6.07) is 7.08. The number of aromatic carboxylic acids is 1. The number of anilines is 1. The van der Waals surface area contributed by atoms with Crippen molar-refractivity contribution < 1.29 is 19.4 Å². The molecule has 174 valence electrons. The van der Waals surface area contributed by atoms with Gasteiger partial charge < -0.3 is 24.6 Å². The fourth-order valence-electron chi connectivity index (χ4n) is 3.74. The zero-order valence-corrected chi connectivity index (χ0v) is 19.2. The second-order valence-electron chi connectivity index (χ2n) is 8.73. The molecule has 33 heavy (non-hydrogen) atoms. The van der Waals surface area contributed by atoms with Crippen molar-refractivity contribution >= 4 is 35.0 Å². The first-order valence-electron chi connectivity index (χ1n) is 10.4. The molecule has 11 heteroatoms. The lowest BCUT2D eigenvalue weighted by Crippen LogP contribution is -2.50. The average Bonchev–Trinajstić information content (AvgIpc) is 3.13. The Labute approximate surface area is 194 Å². The maximum Gasteiger partial charge on any atom is 0.410 e. The molecule has 10 nitrogen and oxygen atoms in total. The van der Waals surface area contributed by atoms with Crippen LogP contribution < -0.4 is 10.5 Å². The molecule has 1 fully saturated rings. The van der Waals surface area contributed by atoms with E-state index < -0.39 is 17.1 Å². The van der Waals surface area contributed by atoms with Crippen molar-refractivity contribution in [1.29, 1.82) is 0 Å². The van der Waals surface area contributed by atoms with Crippen LogP contribution in [0.1, 0.15) is 31.3 Å². The Morgan fingerprint density at radius 1 is 1.15 bits per heavy atom. The standard InChI is InChI=1S/C22H24ClN5O5/c1-22(2,3)33-21(32)27-10-8-26(9-11-27)18-16(13-6-4-5-7-14(13)23)17-19(29)24-15(20(30)31)12-28(17)25-18/h4-7,12H,8-11H2,1-3H3,(H,24,29)(H,30,31). The van der Waals surface area contributed by atoms with Gasteiger partial charge in [-0.05, 0) is 26.8 Å². The van der Waals surface area contributed by atoms with Crippen molar-refractivity contribution in [3.05, 3.63) is 51.5 Å². The predicted octanol–water partition coefficient (Wildman–Crippen LogP) is 3.10. The van der Waals surface area contributed by atoms with Crippen LogP contribution in [0.25, 0.3) is 16.6 Å². The summed E-state index contributed by atoms with van der Waals surface area (Å²) in [5, 5.41) is 14.3. The maximum atomic E-state index is 12.9. The van der Waals surface area contributed by atoms with E-state index in [0.717, 1.165) is 0 Å². The Balaban J connectivity index is 1.75. The summed E-state index contributed by atoms with van der Waals surface area (Å²) in [5.41, 5.74) is -0.150. The van der Waals surface area contributed by atoms with Crippen LogP contribution in [-0.2, 0) is 4.74 Å². The second-order valence-corrected chi connectivity index (χ2v) is 9.14. The Morgan fingerprint density at radius 3 is 2.42 bits per heavy atom. The fourth-order valence-corrected chi connectivity index (χ4v) is 3.97. The first-order valence-corrected chi connectivity index (χ1v) is 10.8. The van der Waals surface area contributed by atoms with E-state index in [9.17, 15) is 19.5 Å². The van der Waals surface area contributed by atoms with E-state index in [4.69, 9.17) is 16.3 Å². The number of nitrogens with one attached hydrogen (secondary N) is 1. The molecule has 4 rings (SSSR count). The van der Waals surface area contributed by atoms with Gasteiger partial charge in [-0.15, -0.1) is 5.10 Å². The fraction of sp³-hybridized carbons (Fsp3) is 0.364. The molecular formula is C22H24ClN5O5. The maximum absolute atomic E-state index is 12.9. The van der Waals surface area contributed by atoms with Crippen molar-refractivity contribution in [3.8, 4) is 11.1 Å². The van der Waals surface area contributed by atoms with E-state index in [2.05, 4.69) is 10.1 Å². The topological polar surface area (TPSA) is 120 Å². The van der Waals surface area contributed by atoms with Gasteiger partial charge >= 0.3 is 12.1 Å². The highest BCUT2D eigenvalue weighted by Gasteiger charge is 2.30. The van der Waals surface area contributed by atoms with E-state index >= 15 is 0 Å². The largest absolute Gasteiger partial charge is 0.477 e. The number of carboxylic acid groups (broad SMARTS) is 1. The molecule has 0 saturated carbocycles. The number of H-pyrrole nitrogens is 1. The van der Waals surface area contributed by atoms with E-state index in [1.807, 2.05) is 25.7 Å². The quantitative estimate of drug-likeness (QED) is 0.599. The van der Waals surface area contributed by atoms with Crippen molar-refractivity contribution in [2.75, 3.05) is 31.1 Å². The molecule has 0 unspecified atom stereocenters. The van der Waals surface area contributed by atoms with Gasteiger partial charge in [-0.2, -0.15) is 0 Å². The summed E-state index contributed by atoms with van der Waals surface area (Å²) >= 11 is 6.46. The Bertz CT molecular complexity index is 1280. The van der Waals surface area contributed by atoms with Gasteiger partial charge in [-0.3, -0.25) is 4.79 Å². The van der Waals surface area contributed by atoms with Gasteiger partial charge in [-0.1, -0.05) is 29.8 Å². The van der Waals surface area contributed by atoms with Crippen LogP contribution in [0, 0.1) is 0 Å². The minimum atomic E-state index is -1.27. The van der Waals surface area contributed by atoms with Crippen molar-refractivity contribution in [2.24, 2.45) is 0 Å². The Kier molecular flexibility index (Phi) is 5.79. The Morgan fingerprint density at radius 2 is 1.82 bits per heavy atom. The average molecular weight is 474 g/mol. The van der Waals surface area contributed by atoms with Gasteiger partial charge in [0, 0.05) is 36.8 Å². The smallest absolute Gasteiger partial charge is 0.410 e. The van der Waals surface area contributed by atoms with Gasteiger partial charge in [0.15, 0.2) is 5.82 Å². The minimum Gasteiger partial charge on any atom is -0.477 e. The van der Waals surface area contributed by atoms with Crippen LogP contribution in [0.15, 0.2) is 35.3 Å². The number of benzene rings is 1. The van der Waals surface area contributed by atoms with Crippen molar-refractivity contribution in [1.82, 2.24) is 19.5 Å². The van der Waals surface area contributed by atoms with Gasteiger partial charge in [-0.25, -0.2) is 14.1 Å². The number of carbonyl (C=O) groups excluding carboxylic acids is 1. The third-order valence-corrected chi connectivity index (χ3v) is 5.54. The van der Waals surface area contributed by atoms with Crippen LogP contribution >= 0.6 is 11.6 Å². The number of hydrogen-bond donors (Lipinski definition) is 2. The third kappa shape index (κ3) is 4.51. The number of aromatic nitrogens is 3. The number of carboxylic acids is 1. The SMILES string of the molecule is CC(C)(C)OC(=O)N1CCN(c2nn3cc(C(=O)O)[nH]c(=O)c3c2-c2ccccc2Cl)CC1. The molecule has 1 aromatic carbocycles. The molecule has 2 aromatic heterocycles.